The van der Waals surface area contributed by atoms with Gasteiger partial charge in [0.25, 0.3) is 0 Å². The number of ether oxygens (including phenoxy) is 2. The van der Waals surface area contributed by atoms with E-state index in [1.165, 1.54) is 36.8 Å². The van der Waals surface area contributed by atoms with E-state index in [4.69, 9.17) is 9.47 Å². The Kier molecular flexibility index (Phi) is 5.41. The van der Waals surface area contributed by atoms with Gasteiger partial charge in [0.05, 0.1) is 20.8 Å². The van der Waals surface area contributed by atoms with E-state index >= 15 is 0 Å². The van der Waals surface area contributed by atoms with Crippen molar-refractivity contribution in [3.05, 3.63) is 59.7 Å². The maximum absolute atomic E-state index is 5.41. The average molecular weight is 326 g/mol. The van der Waals surface area contributed by atoms with Gasteiger partial charge in [0, 0.05) is 11.0 Å². The lowest BCUT2D eigenvalue weighted by atomic mass is 9.79. The minimum absolute atomic E-state index is 0.345. The van der Waals surface area contributed by atoms with Crippen molar-refractivity contribution in [3.63, 3.8) is 0 Å². The van der Waals surface area contributed by atoms with E-state index in [1.54, 1.807) is 14.2 Å². The molecular formula is C21H28NO2+. The third-order valence-electron chi connectivity index (χ3n) is 5.31. The highest BCUT2D eigenvalue weighted by molar-refractivity contribution is 5.42. The highest BCUT2D eigenvalue weighted by Crippen LogP contribution is 2.39. The minimum Gasteiger partial charge on any atom is -0.493 e. The number of rotatable bonds is 7. The molecule has 0 saturated heterocycles. The molecule has 0 spiro atoms. The molecule has 0 aliphatic heterocycles. The second-order valence-electron chi connectivity index (χ2n) is 6.74. The van der Waals surface area contributed by atoms with Crippen LogP contribution in [0.15, 0.2) is 48.5 Å². The Labute approximate surface area is 145 Å². The van der Waals surface area contributed by atoms with Crippen molar-refractivity contribution in [2.24, 2.45) is 0 Å². The predicted molar refractivity (Wildman–Crippen MR) is 96.6 cm³/mol. The summed E-state index contributed by atoms with van der Waals surface area (Å²) in [5.41, 5.74) is 3.12. The SMILES string of the molecule is COc1ccc(C[NH2+]CC2(c3ccccc3)CCCC2)cc1OC. The number of benzene rings is 2. The Morgan fingerprint density at radius 2 is 1.62 bits per heavy atom. The van der Waals surface area contributed by atoms with Gasteiger partial charge in [-0.3, -0.25) is 0 Å². The van der Waals surface area contributed by atoms with Crippen LogP contribution in [0, 0.1) is 0 Å². The summed E-state index contributed by atoms with van der Waals surface area (Å²) in [5, 5.41) is 2.44. The van der Waals surface area contributed by atoms with Crippen molar-refractivity contribution in [2.75, 3.05) is 20.8 Å². The van der Waals surface area contributed by atoms with E-state index in [9.17, 15) is 0 Å². The van der Waals surface area contributed by atoms with Gasteiger partial charge in [0.2, 0.25) is 0 Å². The summed E-state index contributed by atoms with van der Waals surface area (Å²) >= 11 is 0. The Hall–Kier alpha value is -2.00. The van der Waals surface area contributed by atoms with Crippen LogP contribution in [0.3, 0.4) is 0 Å². The zero-order valence-corrected chi connectivity index (χ0v) is 14.8. The Bertz CT molecular complexity index is 648. The molecule has 0 heterocycles. The van der Waals surface area contributed by atoms with Crippen molar-refractivity contribution in [1.29, 1.82) is 0 Å². The van der Waals surface area contributed by atoms with Crippen LogP contribution in [0.25, 0.3) is 0 Å². The maximum Gasteiger partial charge on any atom is 0.161 e. The highest BCUT2D eigenvalue weighted by Gasteiger charge is 2.37. The van der Waals surface area contributed by atoms with Crippen LogP contribution in [0.5, 0.6) is 11.5 Å². The number of nitrogens with two attached hydrogens (primary N) is 1. The Morgan fingerprint density at radius 1 is 0.917 bits per heavy atom. The molecule has 0 amide bonds. The summed E-state index contributed by atoms with van der Waals surface area (Å²) in [6.45, 7) is 2.11. The van der Waals surface area contributed by atoms with Crippen LogP contribution in [-0.2, 0) is 12.0 Å². The third kappa shape index (κ3) is 3.57. The topological polar surface area (TPSA) is 35.1 Å². The van der Waals surface area contributed by atoms with Crippen molar-refractivity contribution in [3.8, 4) is 11.5 Å². The standard InChI is InChI=1S/C21H27NO2/c1-23-19-11-10-17(14-20(19)24-2)15-22-16-21(12-6-7-13-21)18-8-4-3-5-9-18/h3-5,8-11,14,22H,6-7,12-13,15-16H2,1-2H3/p+1. The van der Waals surface area contributed by atoms with Crippen LogP contribution < -0.4 is 14.8 Å². The zero-order chi connectivity index (χ0) is 16.8. The van der Waals surface area contributed by atoms with Gasteiger partial charge in [-0.15, -0.1) is 0 Å². The molecule has 128 valence electrons. The Balaban J connectivity index is 1.66. The van der Waals surface area contributed by atoms with Crippen LogP contribution in [-0.4, -0.2) is 20.8 Å². The van der Waals surface area contributed by atoms with E-state index in [0.29, 0.717) is 5.41 Å². The first kappa shape index (κ1) is 16.8. The quantitative estimate of drug-likeness (QED) is 0.847. The second-order valence-corrected chi connectivity index (χ2v) is 6.74. The summed E-state index contributed by atoms with van der Waals surface area (Å²) in [4.78, 5) is 0. The summed E-state index contributed by atoms with van der Waals surface area (Å²) in [6, 6.07) is 17.3. The van der Waals surface area contributed by atoms with Crippen molar-refractivity contribution < 1.29 is 14.8 Å². The molecule has 2 aromatic carbocycles. The molecule has 0 unspecified atom stereocenters. The fourth-order valence-corrected chi connectivity index (χ4v) is 3.98. The average Bonchev–Trinajstić information content (AvgIpc) is 3.12. The predicted octanol–water partition coefficient (Wildman–Crippen LogP) is 3.28. The number of quaternary nitrogens is 1. The molecule has 3 nitrogen and oxygen atoms in total. The molecule has 3 rings (SSSR count). The molecule has 1 fully saturated rings. The van der Waals surface area contributed by atoms with Crippen molar-refractivity contribution in [1.82, 2.24) is 0 Å². The van der Waals surface area contributed by atoms with E-state index in [1.807, 2.05) is 6.07 Å². The molecule has 2 N–H and O–H groups in total. The maximum atomic E-state index is 5.41. The smallest absolute Gasteiger partial charge is 0.161 e. The van der Waals surface area contributed by atoms with E-state index < -0.39 is 0 Å². The summed E-state index contributed by atoms with van der Waals surface area (Å²) in [7, 11) is 3.36. The number of hydrogen-bond acceptors (Lipinski definition) is 2. The Morgan fingerprint density at radius 3 is 2.29 bits per heavy atom. The molecule has 1 saturated carbocycles. The minimum atomic E-state index is 0.345. The molecule has 3 heteroatoms. The van der Waals surface area contributed by atoms with E-state index in [0.717, 1.165) is 24.6 Å². The van der Waals surface area contributed by atoms with Crippen LogP contribution in [0.2, 0.25) is 0 Å². The first-order valence-corrected chi connectivity index (χ1v) is 8.85. The highest BCUT2D eigenvalue weighted by atomic mass is 16.5. The second kappa shape index (κ2) is 7.71. The molecule has 1 aliphatic rings. The normalized spacial score (nSPS) is 16.1. The van der Waals surface area contributed by atoms with Crippen molar-refractivity contribution >= 4 is 0 Å². The van der Waals surface area contributed by atoms with Gasteiger partial charge in [-0.25, -0.2) is 0 Å². The molecular weight excluding hydrogens is 298 g/mol. The molecule has 1 aliphatic carbocycles. The number of hydrogen-bond donors (Lipinski definition) is 1. The molecule has 2 aromatic rings. The largest absolute Gasteiger partial charge is 0.493 e. The monoisotopic (exact) mass is 326 g/mol. The molecule has 0 radical (unpaired) electrons. The van der Waals surface area contributed by atoms with E-state index in [2.05, 4.69) is 47.8 Å². The van der Waals surface area contributed by atoms with Crippen molar-refractivity contribution in [2.45, 2.75) is 37.6 Å². The lowest BCUT2D eigenvalue weighted by Gasteiger charge is -2.27. The molecule has 24 heavy (non-hydrogen) atoms. The molecule has 0 atom stereocenters. The first-order valence-electron chi connectivity index (χ1n) is 8.85. The molecule has 0 bridgehead atoms. The van der Waals surface area contributed by atoms with Gasteiger partial charge in [0.1, 0.15) is 6.54 Å². The van der Waals surface area contributed by atoms with Crippen LogP contribution in [0.1, 0.15) is 36.8 Å². The summed E-state index contributed by atoms with van der Waals surface area (Å²) < 4.78 is 10.7. The van der Waals surface area contributed by atoms with Crippen LogP contribution in [0.4, 0.5) is 0 Å². The van der Waals surface area contributed by atoms with Gasteiger partial charge < -0.3 is 14.8 Å². The van der Waals surface area contributed by atoms with Crippen LogP contribution >= 0.6 is 0 Å². The molecule has 0 aromatic heterocycles. The summed E-state index contributed by atoms with van der Waals surface area (Å²) in [5.74, 6) is 1.60. The van der Waals surface area contributed by atoms with Gasteiger partial charge in [-0.05, 0) is 36.6 Å². The zero-order valence-electron chi connectivity index (χ0n) is 14.8. The lowest BCUT2D eigenvalue weighted by molar-refractivity contribution is -0.677. The number of methoxy groups -OCH3 is 2. The van der Waals surface area contributed by atoms with Gasteiger partial charge in [-0.1, -0.05) is 43.2 Å². The first-order chi connectivity index (χ1) is 11.8. The lowest BCUT2D eigenvalue weighted by Crippen LogP contribution is -2.86. The fraction of sp³-hybridized carbons (Fsp3) is 0.429. The third-order valence-corrected chi connectivity index (χ3v) is 5.31. The van der Waals surface area contributed by atoms with Gasteiger partial charge in [0.15, 0.2) is 11.5 Å². The van der Waals surface area contributed by atoms with E-state index in [-0.39, 0.29) is 0 Å². The fourth-order valence-electron chi connectivity index (χ4n) is 3.98. The summed E-state index contributed by atoms with van der Waals surface area (Å²) in [6.07, 6.45) is 5.30. The van der Waals surface area contributed by atoms with Gasteiger partial charge >= 0.3 is 0 Å². The van der Waals surface area contributed by atoms with Gasteiger partial charge in [-0.2, -0.15) is 0 Å².